The van der Waals surface area contributed by atoms with Gasteiger partial charge in [0.25, 0.3) is 5.91 Å². The molecule has 0 N–H and O–H groups in total. The number of benzene rings is 2. The van der Waals surface area contributed by atoms with Crippen LogP contribution in [0.3, 0.4) is 0 Å². The van der Waals surface area contributed by atoms with Gasteiger partial charge in [0.2, 0.25) is 12.7 Å². The fraction of sp³-hybridized carbons (Fsp3) is 0.312. The summed E-state index contributed by atoms with van der Waals surface area (Å²) in [6.07, 6.45) is 2.33. The highest BCUT2D eigenvalue weighted by atomic mass is 32.1. The molecule has 1 atom stereocenters. The number of rotatable bonds is 9. The van der Waals surface area contributed by atoms with Gasteiger partial charge in [0.15, 0.2) is 11.5 Å². The zero-order valence-corrected chi connectivity index (χ0v) is 23.9. The summed E-state index contributed by atoms with van der Waals surface area (Å²) >= 11 is 1.71. The average Bonchev–Trinajstić information content (AvgIpc) is 3.77. The number of nitrogens with zero attached hydrogens (tertiary/aromatic N) is 2. The van der Waals surface area contributed by atoms with Crippen molar-refractivity contribution in [3.8, 4) is 17.2 Å². The standard InChI is InChI=1S/C32H32N2O6S/c1-21(2)22-5-8-24(9-6-22)38-19-27-26-12-15-41-30(26)11-13-34(27)31(35)18-33(17-25-4-3-14-37-25)32(36)23-7-10-28-29(16-23)40-20-39-28/h3-10,12,14-16,21,27H,11,13,17-20H2,1-2H3/t27-/m1/s1. The number of thiophene rings is 1. The van der Waals surface area contributed by atoms with Crippen LogP contribution in [0.25, 0.3) is 0 Å². The van der Waals surface area contributed by atoms with Crippen LogP contribution in [0, 0.1) is 0 Å². The van der Waals surface area contributed by atoms with Gasteiger partial charge in [0.05, 0.1) is 18.8 Å². The van der Waals surface area contributed by atoms with Crippen molar-refractivity contribution in [1.82, 2.24) is 9.80 Å². The van der Waals surface area contributed by atoms with Gasteiger partial charge in [-0.2, -0.15) is 0 Å². The summed E-state index contributed by atoms with van der Waals surface area (Å²) in [4.78, 5) is 32.3. The molecule has 0 saturated heterocycles. The smallest absolute Gasteiger partial charge is 0.254 e. The fourth-order valence-electron chi connectivity index (χ4n) is 5.26. The molecular weight excluding hydrogens is 540 g/mol. The average molecular weight is 573 g/mol. The number of carbonyl (C=O) groups is 2. The highest BCUT2D eigenvalue weighted by Crippen LogP contribution is 2.35. The first-order valence-corrected chi connectivity index (χ1v) is 14.6. The molecule has 4 heterocycles. The molecule has 0 bridgehead atoms. The number of fused-ring (bicyclic) bond motifs is 2. The van der Waals surface area contributed by atoms with E-state index in [1.165, 1.54) is 15.3 Å². The Morgan fingerprint density at radius 1 is 1.07 bits per heavy atom. The zero-order valence-electron chi connectivity index (χ0n) is 23.1. The third kappa shape index (κ3) is 5.81. The van der Waals surface area contributed by atoms with E-state index in [1.807, 2.05) is 17.0 Å². The van der Waals surface area contributed by atoms with Crippen molar-refractivity contribution < 1.29 is 28.2 Å². The molecule has 0 radical (unpaired) electrons. The highest BCUT2D eigenvalue weighted by molar-refractivity contribution is 7.10. The summed E-state index contributed by atoms with van der Waals surface area (Å²) in [7, 11) is 0. The number of carbonyl (C=O) groups excluding carboxylic acids is 2. The Kier molecular flexibility index (Phi) is 7.69. The first-order chi connectivity index (χ1) is 20.0. The van der Waals surface area contributed by atoms with Crippen molar-refractivity contribution in [2.75, 3.05) is 26.5 Å². The second-order valence-corrected chi connectivity index (χ2v) is 11.5. The molecule has 41 heavy (non-hydrogen) atoms. The van der Waals surface area contributed by atoms with E-state index in [4.69, 9.17) is 18.6 Å². The summed E-state index contributed by atoms with van der Waals surface area (Å²) in [5.41, 5.74) is 2.76. The van der Waals surface area contributed by atoms with Gasteiger partial charge in [0.1, 0.15) is 24.7 Å². The summed E-state index contributed by atoms with van der Waals surface area (Å²) in [6.45, 7) is 5.37. The van der Waals surface area contributed by atoms with Crippen LogP contribution in [0.2, 0.25) is 0 Å². The summed E-state index contributed by atoms with van der Waals surface area (Å²) in [6, 6.07) is 18.6. The molecular formula is C32H32N2O6S. The predicted octanol–water partition coefficient (Wildman–Crippen LogP) is 6.04. The monoisotopic (exact) mass is 572 g/mol. The van der Waals surface area contributed by atoms with E-state index < -0.39 is 0 Å². The van der Waals surface area contributed by atoms with Crippen LogP contribution in [0.1, 0.15) is 57.9 Å². The molecule has 2 aromatic heterocycles. The minimum Gasteiger partial charge on any atom is -0.491 e. The Hall–Kier alpha value is -4.24. The fourth-order valence-corrected chi connectivity index (χ4v) is 6.18. The Morgan fingerprint density at radius 2 is 1.90 bits per heavy atom. The van der Waals surface area contributed by atoms with E-state index in [0.717, 1.165) is 17.7 Å². The van der Waals surface area contributed by atoms with Crippen LogP contribution in [0.4, 0.5) is 0 Å². The Labute approximate surface area is 243 Å². The molecule has 0 saturated carbocycles. The van der Waals surface area contributed by atoms with E-state index in [2.05, 4.69) is 37.4 Å². The normalized spacial score (nSPS) is 15.6. The maximum absolute atomic E-state index is 13.9. The van der Waals surface area contributed by atoms with E-state index >= 15 is 0 Å². The van der Waals surface area contributed by atoms with Crippen molar-refractivity contribution in [2.24, 2.45) is 0 Å². The lowest BCUT2D eigenvalue weighted by Gasteiger charge is -2.37. The molecule has 4 aromatic rings. The van der Waals surface area contributed by atoms with Crippen LogP contribution in [-0.2, 0) is 17.8 Å². The number of hydrogen-bond donors (Lipinski definition) is 0. The summed E-state index contributed by atoms with van der Waals surface area (Å²) in [5.74, 6) is 2.47. The molecule has 0 aliphatic carbocycles. The number of amides is 2. The quantitative estimate of drug-likeness (QED) is 0.243. The molecule has 6 rings (SSSR count). The van der Waals surface area contributed by atoms with Crippen molar-refractivity contribution >= 4 is 23.2 Å². The van der Waals surface area contributed by atoms with Crippen LogP contribution in [-0.4, -0.2) is 48.1 Å². The molecule has 2 aliphatic heterocycles. The summed E-state index contributed by atoms with van der Waals surface area (Å²) < 4.78 is 22.6. The predicted molar refractivity (Wildman–Crippen MR) is 155 cm³/mol. The van der Waals surface area contributed by atoms with Crippen molar-refractivity contribution in [1.29, 1.82) is 0 Å². The SMILES string of the molecule is CC(C)c1ccc(OC[C@@H]2c3ccsc3CCN2C(=O)CN(Cc2ccco2)C(=O)c2ccc3c(c2)OCO3)cc1. The molecule has 8 nitrogen and oxygen atoms in total. The third-order valence-corrected chi connectivity index (χ3v) is 8.53. The van der Waals surface area contributed by atoms with Crippen LogP contribution < -0.4 is 14.2 Å². The zero-order chi connectivity index (χ0) is 28.3. The Bertz CT molecular complexity index is 1510. The first kappa shape index (κ1) is 27.0. The van der Waals surface area contributed by atoms with Crippen molar-refractivity contribution in [3.63, 3.8) is 0 Å². The van der Waals surface area contributed by atoms with Gasteiger partial charge in [-0.3, -0.25) is 9.59 Å². The van der Waals surface area contributed by atoms with E-state index in [0.29, 0.717) is 41.9 Å². The topological polar surface area (TPSA) is 81.5 Å². The molecule has 0 unspecified atom stereocenters. The van der Waals surface area contributed by atoms with Crippen LogP contribution in [0.5, 0.6) is 17.2 Å². The lowest BCUT2D eigenvalue weighted by atomic mass is 10.00. The number of ether oxygens (including phenoxy) is 3. The number of furan rings is 1. The Balaban J connectivity index is 1.22. The Morgan fingerprint density at radius 3 is 2.68 bits per heavy atom. The maximum Gasteiger partial charge on any atom is 0.254 e. The molecule has 2 amide bonds. The van der Waals surface area contributed by atoms with Gasteiger partial charge in [-0.25, -0.2) is 0 Å². The van der Waals surface area contributed by atoms with Gasteiger partial charge in [0, 0.05) is 17.0 Å². The lowest BCUT2D eigenvalue weighted by molar-refractivity contribution is -0.135. The first-order valence-electron chi connectivity index (χ1n) is 13.8. The van der Waals surface area contributed by atoms with Gasteiger partial charge < -0.3 is 28.4 Å². The molecule has 2 aromatic carbocycles. The van der Waals surface area contributed by atoms with Gasteiger partial charge in [-0.1, -0.05) is 26.0 Å². The minimum atomic E-state index is -0.292. The van der Waals surface area contributed by atoms with Crippen LogP contribution in [0.15, 0.2) is 76.7 Å². The van der Waals surface area contributed by atoms with Crippen molar-refractivity contribution in [2.45, 2.75) is 38.8 Å². The van der Waals surface area contributed by atoms with E-state index in [-0.39, 0.29) is 37.7 Å². The third-order valence-electron chi connectivity index (χ3n) is 7.53. The largest absolute Gasteiger partial charge is 0.491 e. The maximum atomic E-state index is 13.9. The van der Waals surface area contributed by atoms with Gasteiger partial charge >= 0.3 is 0 Å². The second kappa shape index (κ2) is 11.7. The molecule has 0 fully saturated rings. The van der Waals surface area contributed by atoms with E-state index in [9.17, 15) is 9.59 Å². The van der Waals surface area contributed by atoms with Gasteiger partial charge in [-0.15, -0.1) is 11.3 Å². The van der Waals surface area contributed by atoms with E-state index in [1.54, 1.807) is 47.9 Å². The number of hydrogen-bond acceptors (Lipinski definition) is 7. The molecule has 9 heteroatoms. The second-order valence-electron chi connectivity index (χ2n) is 10.5. The molecule has 0 spiro atoms. The highest BCUT2D eigenvalue weighted by Gasteiger charge is 2.34. The van der Waals surface area contributed by atoms with Crippen LogP contribution >= 0.6 is 11.3 Å². The molecule has 212 valence electrons. The summed E-state index contributed by atoms with van der Waals surface area (Å²) in [5, 5.41) is 2.06. The lowest BCUT2D eigenvalue weighted by Crippen LogP contribution is -2.47. The van der Waals surface area contributed by atoms with Gasteiger partial charge in [-0.05, 0) is 77.4 Å². The minimum absolute atomic E-state index is 0.104. The van der Waals surface area contributed by atoms with Crippen molar-refractivity contribution in [3.05, 3.63) is 99.6 Å². The molecule has 2 aliphatic rings.